The highest BCUT2D eigenvalue weighted by atomic mass is 16.5. The van der Waals surface area contributed by atoms with E-state index in [-0.39, 0.29) is 42.7 Å². The molecule has 2 aromatic carbocycles. The van der Waals surface area contributed by atoms with Crippen LogP contribution in [0.5, 0.6) is 0 Å². The summed E-state index contributed by atoms with van der Waals surface area (Å²) in [6.45, 7) is 2.55. The summed E-state index contributed by atoms with van der Waals surface area (Å²) in [4.78, 5) is 35.9. The fourth-order valence-electron chi connectivity index (χ4n) is 4.99. The van der Waals surface area contributed by atoms with Crippen molar-refractivity contribution < 1.29 is 24.2 Å². The van der Waals surface area contributed by atoms with E-state index in [2.05, 4.69) is 34.9 Å². The molecule has 35 heavy (non-hydrogen) atoms. The Morgan fingerprint density at radius 1 is 1.06 bits per heavy atom. The average molecular weight is 477 g/mol. The number of carboxylic acids is 1. The van der Waals surface area contributed by atoms with Crippen molar-refractivity contribution in [1.29, 1.82) is 0 Å². The van der Waals surface area contributed by atoms with Gasteiger partial charge in [-0.25, -0.2) is 4.79 Å². The van der Waals surface area contributed by atoms with Crippen LogP contribution in [0, 0.1) is 11.8 Å². The van der Waals surface area contributed by atoms with Crippen molar-refractivity contribution in [3.63, 3.8) is 0 Å². The largest absolute Gasteiger partial charge is 0.481 e. The van der Waals surface area contributed by atoms with Crippen LogP contribution in [0.3, 0.4) is 0 Å². The van der Waals surface area contributed by atoms with Crippen LogP contribution in [-0.2, 0) is 14.3 Å². The minimum atomic E-state index is -0.830. The van der Waals surface area contributed by atoms with Gasteiger partial charge in [-0.1, -0.05) is 67.6 Å². The van der Waals surface area contributed by atoms with E-state index < -0.39 is 12.1 Å². The lowest BCUT2D eigenvalue weighted by Gasteiger charge is -2.25. The van der Waals surface area contributed by atoms with E-state index in [9.17, 15) is 14.4 Å². The van der Waals surface area contributed by atoms with Gasteiger partial charge in [0.25, 0.3) is 0 Å². The first kappa shape index (κ1) is 24.5. The predicted octanol–water partition coefficient (Wildman–Crippen LogP) is 4.48. The Balaban J connectivity index is 1.25. The van der Waals surface area contributed by atoms with E-state index in [0.29, 0.717) is 25.8 Å². The number of nitrogens with one attached hydrogen (secondary N) is 2. The highest BCUT2D eigenvalue weighted by Gasteiger charge is 2.30. The number of alkyl carbamates (subject to hydrolysis) is 1. The predicted molar refractivity (Wildman–Crippen MR) is 133 cm³/mol. The molecule has 0 saturated carbocycles. The number of amides is 2. The number of allylic oxidation sites excluding steroid dienone is 1. The highest BCUT2D eigenvalue weighted by Crippen LogP contribution is 2.44. The number of hydrogen-bond donors (Lipinski definition) is 3. The number of ether oxygens (including phenoxy) is 1. The van der Waals surface area contributed by atoms with Crippen molar-refractivity contribution >= 4 is 18.0 Å². The lowest BCUT2D eigenvalue weighted by molar-refractivity contribution is -0.138. The number of carboxylic acid groups (broad SMARTS) is 1. The molecule has 7 heteroatoms. The number of hydrogen-bond acceptors (Lipinski definition) is 4. The van der Waals surface area contributed by atoms with Gasteiger partial charge in [0.2, 0.25) is 5.91 Å². The van der Waals surface area contributed by atoms with E-state index in [0.717, 1.165) is 11.1 Å². The summed E-state index contributed by atoms with van der Waals surface area (Å²) >= 11 is 0. The fourth-order valence-corrected chi connectivity index (χ4v) is 4.99. The molecule has 7 nitrogen and oxygen atoms in total. The standard InChI is InChI=1S/C28H32N2O5/c1-18(15-26(31)32)13-14-29-27(33)19-7-6-8-20(16-19)30-28(34)35-17-25-23-11-4-2-9-21(23)22-10-3-5-12-24(22)25/h2-6,8-12,18-20,25H,7,13-17H2,1H3,(H,29,33)(H,30,34)(H,31,32). The van der Waals surface area contributed by atoms with E-state index in [1.807, 2.05) is 43.3 Å². The normalized spacial score (nSPS) is 19.3. The van der Waals surface area contributed by atoms with E-state index in [1.165, 1.54) is 11.1 Å². The Bertz CT molecular complexity index is 1070. The third-order valence-electron chi connectivity index (χ3n) is 6.80. The highest BCUT2D eigenvalue weighted by molar-refractivity contribution is 5.80. The summed E-state index contributed by atoms with van der Waals surface area (Å²) in [5.41, 5.74) is 4.68. The third kappa shape index (κ3) is 6.10. The molecule has 3 atom stereocenters. The van der Waals surface area contributed by atoms with Gasteiger partial charge in [-0.15, -0.1) is 0 Å². The Morgan fingerprint density at radius 2 is 1.71 bits per heavy atom. The van der Waals surface area contributed by atoms with Crippen LogP contribution >= 0.6 is 0 Å². The van der Waals surface area contributed by atoms with Gasteiger partial charge in [0, 0.05) is 24.8 Å². The molecule has 0 bridgehead atoms. The van der Waals surface area contributed by atoms with Crippen molar-refractivity contribution in [3.05, 3.63) is 71.8 Å². The van der Waals surface area contributed by atoms with Gasteiger partial charge in [0.05, 0.1) is 6.04 Å². The summed E-state index contributed by atoms with van der Waals surface area (Å²) in [6, 6.07) is 16.1. The van der Waals surface area contributed by atoms with Crippen molar-refractivity contribution in [2.75, 3.05) is 13.2 Å². The summed E-state index contributed by atoms with van der Waals surface area (Å²) in [5, 5.41) is 14.6. The summed E-state index contributed by atoms with van der Waals surface area (Å²) < 4.78 is 5.63. The number of carbonyl (C=O) groups is 3. The molecule has 2 aliphatic rings. The molecule has 2 amide bonds. The first-order valence-corrected chi connectivity index (χ1v) is 12.2. The number of fused-ring (bicyclic) bond motifs is 3. The molecule has 2 aromatic rings. The molecule has 0 radical (unpaired) electrons. The zero-order valence-corrected chi connectivity index (χ0v) is 19.9. The molecule has 0 aliphatic heterocycles. The third-order valence-corrected chi connectivity index (χ3v) is 6.80. The zero-order chi connectivity index (χ0) is 24.8. The van der Waals surface area contributed by atoms with Crippen LogP contribution in [0.15, 0.2) is 60.7 Å². The minimum absolute atomic E-state index is 0.00188. The van der Waals surface area contributed by atoms with E-state index in [4.69, 9.17) is 9.84 Å². The van der Waals surface area contributed by atoms with Crippen LogP contribution in [0.25, 0.3) is 11.1 Å². The molecule has 3 unspecified atom stereocenters. The maximum absolute atomic E-state index is 12.6. The van der Waals surface area contributed by atoms with Gasteiger partial charge in [0.15, 0.2) is 0 Å². The van der Waals surface area contributed by atoms with Crippen molar-refractivity contribution in [1.82, 2.24) is 10.6 Å². The molecule has 4 rings (SSSR count). The summed E-state index contributed by atoms with van der Waals surface area (Å²) in [7, 11) is 0. The number of carbonyl (C=O) groups excluding carboxylic acids is 2. The quantitative estimate of drug-likeness (QED) is 0.463. The van der Waals surface area contributed by atoms with Gasteiger partial charge in [-0.3, -0.25) is 9.59 Å². The summed E-state index contributed by atoms with van der Waals surface area (Å²) in [6.07, 6.45) is 5.13. The molecular formula is C28H32N2O5. The molecule has 0 saturated heterocycles. The zero-order valence-electron chi connectivity index (χ0n) is 19.9. The van der Waals surface area contributed by atoms with E-state index in [1.54, 1.807) is 0 Å². The van der Waals surface area contributed by atoms with Gasteiger partial charge in [0.1, 0.15) is 6.61 Å². The second-order valence-electron chi connectivity index (χ2n) is 9.46. The molecule has 0 spiro atoms. The lowest BCUT2D eigenvalue weighted by atomic mass is 9.90. The molecular weight excluding hydrogens is 444 g/mol. The minimum Gasteiger partial charge on any atom is -0.481 e. The van der Waals surface area contributed by atoms with Gasteiger partial charge in [-0.05, 0) is 47.4 Å². The first-order valence-electron chi connectivity index (χ1n) is 12.2. The van der Waals surface area contributed by atoms with Crippen LogP contribution < -0.4 is 10.6 Å². The molecule has 184 valence electrons. The smallest absolute Gasteiger partial charge is 0.407 e. The monoisotopic (exact) mass is 476 g/mol. The Kier molecular flexibility index (Phi) is 7.85. The van der Waals surface area contributed by atoms with Gasteiger partial charge >= 0.3 is 12.1 Å². The molecule has 0 aromatic heterocycles. The van der Waals surface area contributed by atoms with Gasteiger partial charge in [-0.2, -0.15) is 0 Å². The number of benzene rings is 2. The van der Waals surface area contributed by atoms with E-state index >= 15 is 0 Å². The SMILES string of the molecule is CC(CCNC(=O)C1CC=CC(NC(=O)OCC2c3ccccc3-c3ccccc32)C1)CC(=O)O. The number of aliphatic carboxylic acids is 1. The van der Waals surface area contributed by atoms with Crippen LogP contribution in [0.2, 0.25) is 0 Å². The Morgan fingerprint density at radius 3 is 2.37 bits per heavy atom. The molecule has 0 fully saturated rings. The second-order valence-corrected chi connectivity index (χ2v) is 9.46. The molecule has 3 N–H and O–H groups in total. The van der Waals surface area contributed by atoms with Crippen molar-refractivity contribution in [2.24, 2.45) is 11.8 Å². The topological polar surface area (TPSA) is 105 Å². The fraction of sp³-hybridized carbons (Fsp3) is 0.393. The Hall–Kier alpha value is -3.61. The first-order chi connectivity index (χ1) is 16.9. The van der Waals surface area contributed by atoms with Crippen molar-refractivity contribution in [2.45, 2.75) is 44.6 Å². The maximum Gasteiger partial charge on any atom is 0.407 e. The lowest BCUT2D eigenvalue weighted by Crippen LogP contribution is -2.41. The van der Waals surface area contributed by atoms with Crippen LogP contribution in [0.1, 0.15) is 49.7 Å². The number of rotatable bonds is 9. The van der Waals surface area contributed by atoms with Crippen LogP contribution in [0.4, 0.5) is 4.79 Å². The maximum atomic E-state index is 12.6. The molecule has 0 heterocycles. The van der Waals surface area contributed by atoms with Gasteiger partial charge < -0.3 is 20.5 Å². The Labute approximate surface area is 205 Å². The van der Waals surface area contributed by atoms with Crippen molar-refractivity contribution in [3.8, 4) is 11.1 Å². The van der Waals surface area contributed by atoms with Crippen LogP contribution in [-0.4, -0.2) is 42.3 Å². The molecule has 2 aliphatic carbocycles. The average Bonchev–Trinajstić information content (AvgIpc) is 3.16. The summed E-state index contributed by atoms with van der Waals surface area (Å²) in [5.74, 6) is -1.15. The second kappa shape index (κ2) is 11.2.